The average molecular weight is 435 g/mol. The van der Waals surface area contributed by atoms with Crippen LogP contribution in [0.5, 0.6) is 11.5 Å². The van der Waals surface area contributed by atoms with Crippen molar-refractivity contribution in [2.45, 2.75) is 5.16 Å². The van der Waals surface area contributed by atoms with Gasteiger partial charge in [0.25, 0.3) is 5.91 Å². The van der Waals surface area contributed by atoms with E-state index in [-0.39, 0.29) is 17.4 Å². The number of nitrogens with one attached hydrogen (secondary N) is 2. The van der Waals surface area contributed by atoms with Crippen molar-refractivity contribution in [3.8, 4) is 11.5 Å². The van der Waals surface area contributed by atoms with Crippen molar-refractivity contribution in [2.75, 3.05) is 12.9 Å². The Labute approximate surface area is 162 Å². The first kappa shape index (κ1) is 18.3. The van der Waals surface area contributed by atoms with Crippen molar-refractivity contribution >= 4 is 50.8 Å². The van der Waals surface area contributed by atoms with Gasteiger partial charge in [-0.15, -0.1) is 0 Å². The zero-order chi connectivity index (χ0) is 18.5. The second-order valence-electron chi connectivity index (χ2n) is 5.20. The zero-order valence-corrected chi connectivity index (χ0v) is 16.1. The fourth-order valence-electron chi connectivity index (χ4n) is 2.22. The number of amides is 1. The van der Waals surface area contributed by atoms with Crippen LogP contribution >= 0.6 is 27.7 Å². The Hall–Kier alpha value is -2.52. The Morgan fingerprint density at radius 2 is 2.27 bits per heavy atom. The van der Waals surface area contributed by atoms with Gasteiger partial charge in [0, 0.05) is 0 Å². The summed E-state index contributed by atoms with van der Waals surface area (Å²) in [5.74, 6) is 0.237. The molecule has 9 heteroatoms. The van der Waals surface area contributed by atoms with Crippen LogP contribution in [0.4, 0.5) is 0 Å². The molecule has 0 bridgehead atoms. The van der Waals surface area contributed by atoms with Crippen LogP contribution in [0.15, 0.2) is 51.1 Å². The Morgan fingerprint density at radius 3 is 3.00 bits per heavy atom. The highest BCUT2D eigenvalue weighted by Gasteiger charge is 2.08. The standard InChI is InChI=1S/C17H15BrN4O3S/c1-25-16-11(18)6-10(7-14(16)23)8-19-22-15(24)9-26-17-20-12-4-2-3-5-13(12)21-17/h2-8,23H,9H2,1H3,(H,20,21)(H,22,24). The first-order chi connectivity index (χ1) is 12.6. The normalized spacial score (nSPS) is 11.2. The van der Waals surface area contributed by atoms with Gasteiger partial charge >= 0.3 is 0 Å². The number of methoxy groups -OCH3 is 1. The molecule has 2 aromatic carbocycles. The van der Waals surface area contributed by atoms with Gasteiger partial charge in [-0.2, -0.15) is 5.10 Å². The number of rotatable bonds is 6. The molecule has 0 unspecified atom stereocenters. The number of aromatic nitrogens is 2. The number of carbonyl (C=O) groups excluding carboxylic acids is 1. The molecule has 0 radical (unpaired) electrons. The lowest BCUT2D eigenvalue weighted by molar-refractivity contribution is -0.118. The van der Waals surface area contributed by atoms with Gasteiger partial charge in [0.2, 0.25) is 0 Å². The number of thioether (sulfide) groups is 1. The quantitative estimate of drug-likeness (QED) is 0.314. The molecule has 26 heavy (non-hydrogen) atoms. The molecule has 0 saturated heterocycles. The average Bonchev–Trinajstić information content (AvgIpc) is 3.03. The number of halogens is 1. The fourth-order valence-corrected chi connectivity index (χ4v) is 3.53. The number of nitrogens with zero attached hydrogens (tertiary/aromatic N) is 2. The molecular weight excluding hydrogens is 420 g/mol. The molecule has 3 rings (SSSR count). The van der Waals surface area contributed by atoms with E-state index in [9.17, 15) is 9.90 Å². The van der Waals surface area contributed by atoms with Gasteiger partial charge in [-0.25, -0.2) is 10.4 Å². The lowest BCUT2D eigenvalue weighted by atomic mass is 10.2. The van der Waals surface area contributed by atoms with E-state index in [1.54, 1.807) is 6.07 Å². The van der Waals surface area contributed by atoms with Gasteiger partial charge in [-0.1, -0.05) is 23.9 Å². The minimum atomic E-state index is -0.261. The molecule has 0 fully saturated rings. The third-order valence-corrected chi connectivity index (χ3v) is 4.82. The maximum atomic E-state index is 11.9. The van der Waals surface area contributed by atoms with Crippen molar-refractivity contribution in [1.82, 2.24) is 15.4 Å². The summed E-state index contributed by atoms with van der Waals surface area (Å²) in [5.41, 5.74) is 4.84. The lowest BCUT2D eigenvalue weighted by Gasteiger charge is -2.06. The minimum Gasteiger partial charge on any atom is -0.504 e. The number of benzene rings is 2. The van der Waals surface area contributed by atoms with Crippen LogP contribution in [0, 0.1) is 0 Å². The predicted molar refractivity (Wildman–Crippen MR) is 105 cm³/mol. The second-order valence-corrected chi connectivity index (χ2v) is 7.01. The third-order valence-electron chi connectivity index (χ3n) is 3.36. The highest BCUT2D eigenvalue weighted by molar-refractivity contribution is 9.10. The van der Waals surface area contributed by atoms with Crippen molar-refractivity contribution in [3.05, 3.63) is 46.4 Å². The molecule has 0 aliphatic rings. The summed E-state index contributed by atoms with van der Waals surface area (Å²) >= 11 is 4.59. The first-order valence-electron chi connectivity index (χ1n) is 7.53. The highest BCUT2D eigenvalue weighted by Crippen LogP contribution is 2.34. The summed E-state index contributed by atoms with van der Waals surface area (Å²) in [4.78, 5) is 19.4. The number of hydrogen-bond acceptors (Lipinski definition) is 6. The number of hydrogen-bond donors (Lipinski definition) is 3. The van der Waals surface area contributed by atoms with E-state index in [0.29, 0.717) is 20.9 Å². The Morgan fingerprint density at radius 1 is 1.46 bits per heavy atom. The molecule has 1 amide bonds. The summed E-state index contributed by atoms with van der Waals surface area (Å²) < 4.78 is 5.64. The summed E-state index contributed by atoms with van der Waals surface area (Å²) in [5, 5.41) is 14.4. The van der Waals surface area contributed by atoms with E-state index in [1.165, 1.54) is 31.2 Å². The zero-order valence-electron chi connectivity index (χ0n) is 13.7. The van der Waals surface area contributed by atoms with E-state index in [0.717, 1.165) is 11.0 Å². The number of carbonyl (C=O) groups is 1. The Balaban J connectivity index is 1.54. The molecule has 3 aromatic rings. The lowest BCUT2D eigenvalue weighted by Crippen LogP contribution is -2.19. The number of hydrazone groups is 1. The third kappa shape index (κ3) is 4.36. The van der Waals surface area contributed by atoms with Gasteiger partial charge in [-0.05, 0) is 45.8 Å². The van der Waals surface area contributed by atoms with Gasteiger partial charge in [0.15, 0.2) is 16.7 Å². The van der Waals surface area contributed by atoms with Crippen LogP contribution in [0.25, 0.3) is 11.0 Å². The highest BCUT2D eigenvalue weighted by atomic mass is 79.9. The van der Waals surface area contributed by atoms with E-state index in [1.807, 2.05) is 24.3 Å². The SMILES string of the molecule is COc1c(O)cc(C=NNC(=O)CSc2nc3ccccc3[nH]2)cc1Br. The first-order valence-corrected chi connectivity index (χ1v) is 9.30. The van der Waals surface area contributed by atoms with Crippen LogP contribution in [0.3, 0.4) is 0 Å². The van der Waals surface area contributed by atoms with Gasteiger partial charge in [0.05, 0.1) is 34.6 Å². The molecule has 0 atom stereocenters. The van der Waals surface area contributed by atoms with Crippen molar-refractivity contribution < 1.29 is 14.6 Å². The van der Waals surface area contributed by atoms with E-state index in [2.05, 4.69) is 36.4 Å². The summed E-state index contributed by atoms with van der Waals surface area (Å²) in [7, 11) is 1.47. The van der Waals surface area contributed by atoms with E-state index < -0.39 is 0 Å². The van der Waals surface area contributed by atoms with Crippen LogP contribution in [-0.4, -0.2) is 40.1 Å². The number of aromatic hydroxyl groups is 1. The molecule has 3 N–H and O–H groups in total. The van der Waals surface area contributed by atoms with Crippen molar-refractivity contribution in [1.29, 1.82) is 0 Å². The predicted octanol–water partition coefficient (Wildman–Crippen LogP) is 3.28. The molecule has 1 aromatic heterocycles. The minimum absolute atomic E-state index is 0.0184. The molecule has 7 nitrogen and oxygen atoms in total. The molecule has 0 spiro atoms. The summed E-state index contributed by atoms with van der Waals surface area (Å²) in [6.07, 6.45) is 1.44. The summed E-state index contributed by atoms with van der Waals surface area (Å²) in [6, 6.07) is 10.9. The monoisotopic (exact) mass is 434 g/mol. The number of ether oxygens (including phenoxy) is 1. The molecule has 0 aliphatic heterocycles. The van der Waals surface area contributed by atoms with E-state index in [4.69, 9.17) is 4.74 Å². The Bertz CT molecular complexity index is 918. The number of para-hydroxylation sites is 2. The van der Waals surface area contributed by atoms with Crippen molar-refractivity contribution in [2.24, 2.45) is 5.10 Å². The van der Waals surface area contributed by atoms with Gasteiger partial charge < -0.3 is 14.8 Å². The van der Waals surface area contributed by atoms with Crippen LogP contribution < -0.4 is 10.2 Å². The Kier molecular flexibility index (Phi) is 5.79. The second kappa shape index (κ2) is 8.24. The smallest absolute Gasteiger partial charge is 0.250 e. The van der Waals surface area contributed by atoms with Crippen LogP contribution in [0.2, 0.25) is 0 Å². The number of imidazole rings is 1. The van der Waals surface area contributed by atoms with Gasteiger partial charge in [-0.3, -0.25) is 4.79 Å². The topological polar surface area (TPSA) is 99.6 Å². The van der Waals surface area contributed by atoms with Crippen molar-refractivity contribution in [3.63, 3.8) is 0 Å². The number of phenolic OH excluding ortho intramolecular Hbond substituents is 1. The number of phenols is 1. The number of H-pyrrole nitrogens is 1. The maximum absolute atomic E-state index is 11.9. The van der Waals surface area contributed by atoms with E-state index >= 15 is 0 Å². The molecule has 134 valence electrons. The number of aromatic amines is 1. The molecule has 0 saturated carbocycles. The summed E-state index contributed by atoms with van der Waals surface area (Å²) in [6.45, 7) is 0. The van der Waals surface area contributed by atoms with Gasteiger partial charge in [0.1, 0.15) is 0 Å². The molecule has 0 aliphatic carbocycles. The van der Waals surface area contributed by atoms with Crippen LogP contribution in [-0.2, 0) is 4.79 Å². The molecular formula is C17H15BrN4O3S. The largest absolute Gasteiger partial charge is 0.504 e. The van der Waals surface area contributed by atoms with Crippen LogP contribution in [0.1, 0.15) is 5.56 Å². The molecule has 1 heterocycles. The maximum Gasteiger partial charge on any atom is 0.250 e. The fraction of sp³-hybridized carbons (Fsp3) is 0.118. The number of fused-ring (bicyclic) bond motifs is 1.